The Kier molecular flexibility index (Phi) is 6.78. The third-order valence-corrected chi connectivity index (χ3v) is 13.3. The number of fused-ring (bicyclic) bond motifs is 12. The molecule has 0 spiro atoms. The zero-order chi connectivity index (χ0) is 39.7. The normalized spacial score (nSPS) is 13.3. The maximum atomic E-state index is 6.11. The second-order valence-corrected chi connectivity index (χ2v) is 16.9. The van der Waals surface area contributed by atoms with Crippen LogP contribution in [0, 0.1) is 0 Å². The molecule has 0 amide bonds. The number of para-hydroxylation sites is 3. The average molecular weight is 767 g/mol. The summed E-state index contributed by atoms with van der Waals surface area (Å²) >= 11 is 0. The standard InChI is InChI=1S/C57H38N2O/c1-57(2)49-15-7-3-11-41(49)42-27-26-40(34-50(42)57)59-52-17-9-5-13-44(52)47-32-38(22-29-54(47)59)37-21-28-53-46(31-37)43-12-4-8-16-51(43)58(53)39-24-19-35(20-25-39)36-23-30-56-48(33-36)45-14-6-10-18-55(45)60-56/h3-34H,1-2H3. The molecule has 282 valence electrons. The molecule has 0 saturated heterocycles. The van der Waals surface area contributed by atoms with Crippen molar-refractivity contribution in [2.45, 2.75) is 19.3 Å². The topological polar surface area (TPSA) is 23.0 Å². The molecule has 3 nitrogen and oxygen atoms in total. The monoisotopic (exact) mass is 766 g/mol. The number of hydrogen-bond donors (Lipinski definition) is 0. The fraction of sp³-hybridized carbons (Fsp3) is 0.0526. The molecule has 13 rings (SSSR count). The first-order chi connectivity index (χ1) is 29.5. The van der Waals surface area contributed by atoms with Crippen molar-refractivity contribution >= 4 is 65.6 Å². The van der Waals surface area contributed by atoms with Crippen LogP contribution < -0.4 is 0 Å². The van der Waals surface area contributed by atoms with Gasteiger partial charge in [-0.1, -0.05) is 129 Å². The van der Waals surface area contributed by atoms with Gasteiger partial charge in [0.25, 0.3) is 0 Å². The molecule has 3 aromatic heterocycles. The number of furan rings is 1. The Balaban J connectivity index is 0.903. The minimum Gasteiger partial charge on any atom is -0.456 e. The predicted molar refractivity (Wildman–Crippen MR) is 251 cm³/mol. The molecular formula is C57H38N2O. The SMILES string of the molecule is CC1(C)c2ccccc2-c2ccc(-n3c4ccccc4c4cc(-c5ccc6c(c5)c5ccccc5n6-c5ccc(-c6ccc7oc8ccccc8c7c6)cc5)ccc43)cc21. The molecule has 0 radical (unpaired) electrons. The molecular weight excluding hydrogens is 729 g/mol. The maximum Gasteiger partial charge on any atom is 0.135 e. The van der Waals surface area contributed by atoms with E-state index in [-0.39, 0.29) is 5.41 Å². The summed E-state index contributed by atoms with van der Waals surface area (Å²) in [6.07, 6.45) is 0. The van der Waals surface area contributed by atoms with Crippen LogP contribution in [-0.2, 0) is 5.41 Å². The summed E-state index contributed by atoms with van der Waals surface area (Å²) in [5, 5.41) is 7.30. The Bertz CT molecular complexity index is 3740. The van der Waals surface area contributed by atoms with E-state index < -0.39 is 0 Å². The van der Waals surface area contributed by atoms with Gasteiger partial charge in [0.1, 0.15) is 11.2 Å². The van der Waals surface area contributed by atoms with Crippen molar-refractivity contribution in [3.05, 3.63) is 205 Å². The van der Waals surface area contributed by atoms with Crippen LogP contribution in [0.2, 0.25) is 0 Å². The van der Waals surface area contributed by atoms with Crippen molar-refractivity contribution in [1.29, 1.82) is 0 Å². The van der Waals surface area contributed by atoms with E-state index in [1.165, 1.54) is 93.8 Å². The minimum absolute atomic E-state index is 0.0640. The number of nitrogens with zero attached hydrogens (tertiary/aromatic N) is 2. The van der Waals surface area contributed by atoms with Crippen molar-refractivity contribution in [2.24, 2.45) is 0 Å². The van der Waals surface area contributed by atoms with Crippen LogP contribution in [-0.4, -0.2) is 9.13 Å². The van der Waals surface area contributed by atoms with Crippen LogP contribution in [0.1, 0.15) is 25.0 Å². The lowest BCUT2D eigenvalue weighted by atomic mass is 9.82. The highest BCUT2D eigenvalue weighted by atomic mass is 16.3. The van der Waals surface area contributed by atoms with Crippen molar-refractivity contribution in [1.82, 2.24) is 9.13 Å². The molecule has 0 saturated carbocycles. The molecule has 9 aromatic carbocycles. The lowest BCUT2D eigenvalue weighted by Gasteiger charge is -2.22. The summed E-state index contributed by atoms with van der Waals surface area (Å²) in [5.41, 5.74) is 19.2. The average Bonchev–Trinajstić information content (AvgIpc) is 4.01. The van der Waals surface area contributed by atoms with E-state index >= 15 is 0 Å². The molecule has 60 heavy (non-hydrogen) atoms. The summed E-state index contributed by atoms with van der Waals surface area (Å²) in [6, 6.07) is 71.3. The van der Waals surface area contributed by atoms with Crippen molar-refractivity contribution < 1.29 is 4.42 Å². The molecule has 0 aliphatic heterocycles. The van der Waals surface area contributed by atoms with Gasteiger partial charge in [-0.25, -0.2) is 0 Å². The fourth-order valence-corrected chi connectivity index (χ4v) is 10.4. The lowest BCUT2D eigenvalue weighted by Crippen LogP contribution is -2.15. The largest absolute Gasteiger partial charge is 0.456 e. The number of aromatic nitrogens is 2. The van der Waals surface area contributed by atoms with E-state index in [4.69, 9.17) is 4.42 Å². The van der Waals surface area contributed by atoms with Crippen LogP contribution in [0.4, 0.5) is 0 Å². The van der Waals surface area contributed by atoms with E-state index in [9.17, 15) is 0 Å². The molecule has 0 unspecified atom stereocenters. The Labute approximate surface area is 347 Å². The number of hydrogen-bond acceptors (Lipinski definition) is 1. The van der Waals surface area contributed by atoms with Crippen molar-refractivity contribution in [3.63, 3.8) is 0 Å². The first-order valence-corrected chi connectivity index (χ1v) is 20.8. The molecule has 12 aromatic rings. The second kappa shape index (κ2) is 12.2. The van der Waals surface area contributed by atoms with Gasteiger partial charge in [-0.05, 0) is 123 Å². The van der Waals surface area contributed by atoms with Gasteiger partial charge in [0.15, 0.2) is 0 Å². The summed E-state index contributed by atoms with van der Waals surface area (Å²) < 4.78 is 11.0. The summed E-state index contributed by atoms with van der Waals surface area (Å²) in [5.74, 6) is 0. The first-order valence-electron chi connectivity index (χ1n) is 20.8. The van der Waals surface area contributed by atoms with E-state index in [1.54, 1.807) is 0 Å². The van der Waals surface area contributed by atoms with Gasteiger partial charge in [-0.2, -0.15) is 0 Å². The third-order valence-electron chi connectivity index (χ3n) is 13.3. The molecule has 1 aliphatic carbocycles. The highest BCUT2D eigenvalue weighted by molar-refractivity contribution is 6.13. The molecule has 0 N–H and O–H groups in total. The van der Waals surface area contributed by atoms with E-state index in [0.29, 0.717) is 0 Å². The Hall–Kier alpha value is -7.62. The fourth-order valence-electron chi connectivity index (χ4n) is 10.4. The second-order valence-electron chi connectivity index (χ2n) is 16.9. The maximum absolute atomic E-state index is 6.11. The molecule has 3 heteroatoms. The molecule has 0 fully saturated rings. The van der Waals surface area contributed by atoms with E-state index in [1.807, 2.05) is 12.1 Å². The van der Waals surface area contributed by atoms with Gasteiger partial charge in [0.05, 0.1) is 22.1 Å². The van der Waals surface area contributed by atoms with Crippen molar-refractivity contribution in [2.75, 3.05) is 0 Å². The summed E-state index contributed by atoms with van der Waals surface area (Å²) in [4.78, 5) is 0. The van der Waals surface area contributed by atoms with E-state index in [0.717, 1.165) is 27.6 Å². The smallest absolute Gasteiger partial charge is 0.135 e. The highest BCUT2D eigenvalue weighted by Crippen LogP contribution is 2.49. The van der Waals surface area contributed by atoms with Crippen LogP contribution in [0.25, 0.3) is 110 Å². The number of rotatable bonds is 4. The highest BCUT2D eigenvalue weighted by Gasteiger charge is 2.35. The van der Waals surface area contributed by atoms with Gasteiger partial charge >= 0.3 is 0 Å². The van der Waals surface area contributed by atoms with Crippen LogP contribution >= 0.6 is 0 Å². The summed E-state index contributed by atoms with van der Waals surface area (Å²) in [7, 11) is 0. The Morgan fingerprint density at radius 2 is 0.817 bits per heavy atom. The predicted octanol–water partition coefficient (Wildman–Crippen LogP) is 15.4. The zero-order valence-electron chi connectivity index (χ0n) is 33.3. The number of benzene rings is 9. The van der Waals surface area contributed by atoms with Crippen LogP contribution in [0.5, 0.6) is 0 Å². The lowest BCUT2D eigenvalue weighted by molar-refractivity contribution is 0.660. The minimum atomic E-state index is -0.0640. The molecule has 1 aliphatic rings. The molecule has 3 heterocycles. The van der Waals surface area contributed by atoms with E-state index in [2.05, 4.69) is 205 Å². The van der Waals surface area contributed by atoms with Crippen molar-refractivity contribution in [3.8, 4) is 44.8 Å². The first kappa shape index (κ1) is 33.4. The van der Waals surface area contributed by atoms with Gasteiger partial charge in [-0.15, -0.1) is 0 Å². The van der Waals surface area contributed by atoms with Gasteiger partial charge in [-0.3, -0.25) is 0 Å². The Morgan fingerprint density at radius 1 is 0.333 bits per heavy atom. The molecule has 0 atom stereocenters. The van der Waals surface area contributed by atoms with Gasteiger partial charge in [0, 0.05) is 49.1 Å². The summed E-state index contributed by atoms with van der Waals surface area (Å²) in [6.45, 7) is 4.71. The zero-order valence-corrected chi connectivity index (χ0v) is 33.3. The quantitative estimate of drug-likeness (QED) is 0.175. The third kappa shape index (κ3) is 4.66. The van der Waals surface area contributed by atoms with Crippen LogP contribution in [0.3, 0.4) is 0 Å². The van der Waals surface area contributed by atoms with Gasteiger partial charge < -0.3 is 13.6 Å². The van der Waals surface area contributed by atoms with Crippen LogP contribution in [0.15, 0.2) is 199 Å². The molecule has 0 bridgehead atoms. The Morgan fingerprint density at radius 3 is 1.53 bits per heavy atom. The van der Waals surface area contributed by atoms with Gasteiger partial charge in [0.2, 0.25) is 0 Å².